The number of carbonyl (C=O) groups is 4. The summed E-state index contributed by atoms with van der Waals surface area (Å²) in [7, 11) is 1.23. The molecule has 31 heavy (non-hydrogen) atoms. The molecule has 3 rings (SSSR count). The fourth-order valence-electron chi connectivity index (χ4n) is 3.07. The van der Waals surface area contributed by atoms with Gasteiger partial charge in [-0.15, -0.1) is 11.8 Å². The van der Waals surface area contributed by atoms with Crippen molar-refractivity contribution in [3.8, 4) is 0 Å². The molecule has 0 bridgehead atoms. The van der Waals surface area contributed by atoms with Crippen molar-refractivity contribution < 1.29 is 28.7 Å². The number of fused-ring (bicyclic) bond motifs is 1. The molecule has 1 N–H and O–H groups in total. The topological polar surface area (TPSA) is 102 Å². The van der Waals surface area contributed by atoms with Crippen LogP contribution in [0.4, 0.5) is 5.69 Å². The van der Waals surface area contributed by atoms with Gasteiger partial charge in [0.05, 0.1) is 18.6 Å². The first-order valence-corrected chi connectivity index (χ1v) is 10.6. The average molecular weight is 442 g/mol. The monoisotopic (exact) mass is 442 g/mol. The number of carbonyl (C=O) groups excluding carboxylic acids is 4. The number of para-hydroxylation sites is 1. The summed E-state index contributed by atoms with van der Waals surface area (Å²) in [6.07, 6.45) is 0.240. The zero-order valence-corrected chi connectivity index (χ0v) is 17.7. The van der Waals surface area contributed by atoms with Crippen molar-refractivity contribution in [3.05, 3.63) is 60.2 Å². The van der Waals surface area contributed by atoms with E-state index in [9.17, 15) is 19.2 Å². The molecule has 0 saturated heterocycles. The van der Waals surface area contributed by atoms with E-state index in [0.717, 1.165) is 10.5 Å². The molecule has 2 aromatic rings. The number of benzene rings is 2. The third kappa shape index (κ3) is 6.08. The standard InChI is InChI=1S/C22H22N2O6S/c1-29-22(28)16(11-15-7-3-2-4-8-15)23-19(25)13-30-21(27)12-24-17-9-5-6-10-18(17)31-14-20(24)26/h2-10,16H,11-14H2,1H3,(H,23,25). The number of esters is 2. The predicted octanol–water partition coefficient (Wildman–Crippen LogP) is 1.57. The van der Waals surface area contributed by atoms with Crippen LogP contribution < -0.4 is 10.2 Å². The molecule has 2 aromatic carbocycles. The van der Waals surface area contributed by atoms with Gasteiger partial charge in [0.1, 0.15) is 12.6 Å². The molecule has 8 nitrogen and oxygen atoms in total. The van der Waals surface area contributed by atoms with E-state index in [2.05, 4.69) is 5.32 Å². The Morgan fingerprint density at radius 3 is 2.55 bits per heavy atom. The number of hydrogen-bond acceptors (Lipinski definition) is 7. The highest BCUT2D eigenvalue weighted by Gasteiger charge is 2.27. The van der Waals surface area contributed by atoms with E-state index in [1.165, 1.54) is 23.8 Å². The van der Waals surface area contributed by atoms with Crippen molar-refractivity contribution in [1.82, 2.24) is 5.32 Å². The molecule has 0 saturated carbocycles. The highest BCUT2D eigenvalue weighted by Crippen LogP contribution is 2.34. The number of nitrogens with one attached hydrogen (secondary N) is 1. The maximum atomic E-state index is 12.2. The lowest BCUT2D eigenvalue weighted by atomic mass is 10.1. The number of methoxy groups -OCH3 is 1. The van der Waals surface area contributed by atoms with Crippen molar-refractivity contribution in [3.63, 3.8) is 0 Å². The molecular weight excluding hydrogens is 420 g/mol. The first kappa shape index (κ1) is 22.4. The van der Waals surface area contributed by atoms with Gasteiger partial charge < -0.3 is 14.8 Å². The quantitative estimate of drug-likeness (QED) is 0.619. The highest BCUT2D eigenvalue weighted by atomic mass is 32.2. The molecule has 0 spiro atoms. The van der Waals surface area contributed by atoms with Crippen molar-refractivity contribution in [2.45, 2.75) is 17.4 Å². The number of amides is 2. The molecule has 0 radical (unpaired) electrons. The smallest absolute Gasteiger partial charge is 0.328 e. The number of anilines is 1. The van der Waals surface area contributed by atoms with Crippen LogP contribution in [0.2, 0.25) is 0 Å². The second kappa shape index (κ2) is 10.6. The molecule has 0 aromatic heterocycles. The molecule has 2 amide bonds. The number of thioether (sulfide) groups is 1. The first-order chi connectivity index (χ1) is 15.0. The third-order valence-corrected chi connectivity index (χ3v) is 5.61. The van der Waals surface area contributed by atoms with E-state index in [0.29, 0.717) is 5.69 Å². The Labute approximate surface area is 183 Å². The van der Waals surface area contributed by atoms with Crippen LogP contribution in [-0.2, 0) is 35.1 Å². The van der Waals surface area contributed by atoms with Crippen LogP contribution in [0, 0.1) is 0 Å². The molecule has 1 atom stereocenters. The summed E-state index contributed by atoms with van der Waals surface area (Å²) in [4.78, 5) is 51.0. The van der Waals surface area contributed by atoms with Gasteiger partial charge in [0.25, 0.3) is 5.91 Å². The van der Waals surface area contributed by atoms with E-state index in [4.69, 9.17) is 9.47 Å². The summed E-state index contributed by atoms with van der Waals surface area (Å²) in [5, 5.41) is 2.53. The Morgan fingerprint density at radius 1 is 1.10 bits per heavy atom. The van der Waals surface area contributed by atoms with E-state index in [1.54, 1.807) is 12.1 Å². The van der Waals surface area contributed by atoms with E-state index < -0.39 is 30.5 Å². The fraction of sp³-hybridized carbons (Fsp3) is 0.273. The van der Waals surface area contributed by atoms with Gasteiger partial charge in [-0.3, -0.25) is 19.3 Å². The van der Waals surface area contributed by atoms with Gasteiger partial charge in [-0.05, 0) is 17.7 Å². The molecule has 0 fully saturated rings. The van der Waals surface area contributed by atoms with Gasteiger partial charge in [-0.2, -0.15) is 0 Å². The molecule has 1 heterocycles. The SMILES string of the molecule is COC(=O)C(Cc1ccccc1)NC(=O)COC(=O)CN1C(=O)CSc2ccccc21. The van der Waals surface area contributed by atoms with Crippen molar-refractivity contribution in [1.29, 1.82) is 0 Å². The molecule has 1 aliphatic rings. The number of rotatable bonds is 8. The summed E-state index contributed by atoms with van der Waals surface area (Å²) >= 11 is 1.41. The van der Waals surface area contributed by atoms with E-state index >= 15 is 0 Å². The maximum Gasteiger partial charge on any atom is 0.328 e. The van der Waals surface area contributed by atoms with E-state index in [-0.39, 0.29) is 24.6 Å². The minimum atomic E-state index is -0.911. The van der Waals surface area contributed by atoms with Crippen LogP contribution in [-0.4, -0.2) is 55.8 Å². The second-order valence-corrected chi connectivity index (χ2v) is 7.75. The predicted molar refractivity (Wildman–Crippen MR) is 115 cm³/mol. The van der Waals surface area contributed by atoms with Crippen molar-refractivity contribution in [2.24, 2.45) is 0 Å². The van der Waals surface area contributed by atoms with Gasteiger partial charge in [-0.25, -0.2) is 4.79 Å². The lowest BCUT2D eigenvalue weighted by Crippen LogP contribution is -2.45. The van der Waals surface area contributed by atoms with Crippen LogP contribution in [0.5, 0.6) is 0 Å². The molecule has 1 unspecified atom stereocenters. The van der Waals surface area contributed by atoms with Gasteiger partial charge in [0, 0.05) is 11.3 Å². The Morgan fingerprint density at radius 2 is 1.81 bits per heavy atom. The molecular formula is C22H22N2O6S. The van der Waals surface area contributed by atoms with Crippen LogP contribution in [0.3, 0.4) is 0 Å². The van der Waals surface area contributed by atoms with Crippen LogP contribution in [0.1, 0.15) is 5.56 Å². The average Bonchev–Trinajstić information content (AvgIpc) is 2.79. The first-order valence-electron chi connectivity index (χ1n) is 9.57. The summed E-state index contributed by atoms with van der Waals surface area (Å²) in [5.41, 5.74) is 1.48. The van der Waals surface area contributed by atoms with Gasteiger partial charge >= 0.3 is 11.9 Å². The zero-order valence-electron chi connectivity index (χ0n) is 16.9. The summed E-state index contributed by atoms with van der Waals surface area (Å²) in [6.45, 7) is -0.867. The minimum Gasteiger partial charge on any atom is -0.467 e. The molecule has 162 valence electrons. The van der Waals surface area contributed by atoms with Crippen molar-refractivity contribution in [2.75, 3.05) is 30.9 Å². The van der Waals surface area contributed by atoms with Gasteiger partial charge in [0.15, 0.2) is 6.61 Å². The zero-order chi connectivity index (χ0) is 22.2. The Bertz CT molecular complexity index is 965. The summed E-state index contributed by atoms with van der Waals surface area (Å²) in [5.74, 6) is -1.94. The summed E-state index contributed by atoms with van der Waals surface area (Å²) in [6, 6.07) is 15.5. The molecule has 9 heteroatoms. The summed E-state index contributed by atoms with van der Waals surface area (Å²) < 4.78 is 9.78. The molecule has 0 aliphatic carbocycles. The Kier molecular flexibility index (Phi) is 7.66. The second-order valence-electron chi connectivity index (χ2n) is 6.73. The lowest BCUT2D eigenvalue weighted by Gasteiger charge is -2.27. The van der Waals surface area contributed by atoms with Crippen LogP contribution >= 0.6 is 11.8 Å². The van der Waals surface area contributed by atoms with E-state index in [1.807, 2.05) is 42.5 Å². The van der Waals surface area contributed by atoms with Gasteiger partial charge in [-0.1, -0.05) is 42.5 Å². The van der Waals surface area contributed by atoms with Gasteiger partial charge in [0.2, 0.25) is 5.91 Å². The minimum absolute atomic E-state index is 0.210. The Hall–Kier alpha value is -3.33. The third-order valence-electron chi connectivity index (χ3n) is 4.56. The molecule has 1 aliphatic heterocycles. The fourth-order valence-corrected chi connectivity index (χ4v) is 4.01. The number of ether oxygens (including phenoxy) is 2. The number of hydrogen-bond donors (Lipinski definition) is 1. The van der Waals surface area contributed by atoms with Crippen LogP contribution in [0.25, 0.3) is 0 Å². The van der Waals surface area contributed by atoms with Crippen molar-refractivity contribution >= 4 is 41.2 Å². The maximum absolute atomic E-state index is 12.2. The number of nitrogens with zero attached hydrogens (tertiary/aromatic N) is 1. The largest absolute Gasteiger partial charge is 0.467 e. The lowest BCUT2D eigenvalue weighted by molar-refractivity contribution is -0.149. The van der Waals surface area contributed by atoms with Crippen LogP contribution in [0.15, 0.2) is 59.5 Å². The highest BCUT2D eigenvalue weighted by molar-refractivity contribution is 8.00. The Balaban J connectivity index is 1.54. The normalized spacial score (nSPS) is 13.7.